The van der Waals surface area contributed by atoms with Gasteiger partial charge >= 0.3 is 0 Å². The number of carbonyl (C=O) groups is 1. The van der Waals surface area contributed by atoms with Crippen molar-refractivity contribution in [2.24, 2.45) is 0 Å². The lowest BCUT2D eigenvalue weighted by atomic mass is 10.1. The van der Waals surface area contributed by atoms with E-state index in [1.807, 2.05) is 0 Å². The Bertz CT molecular complexity index is 586. The van der Waals surface area contributed by atoms with E-state index in [2.05, 4.69) is 20.9 Å². The quantitative estimate of drug-likeness (QED) is 0.765. The summed E-state index contributed by atoms with van der Waals surface area (Å²) >= 11 is 15.1. The maximum Gasteiger partial charge on any atom is 0.196 e. The van der Waals surface area contributed by atoms with Crippen molar-refractivity contribution < 1.29 is 4.79 Å². The highest BCUT2D eigenvalue weighted by molar-refractivity contribution is 9.10. The van der Waals surface area contributed by atoms with E-state index in [0.29, 0.717) is 21.2 Å². The largest absolute Gasteiger partial charge is 0.288 e. The van der Waals surface area contributed by atoms with E-state index in [-0.39, 0.29) is 5.78 Å². The van der Waals surface area contributed by atoms with Crippen molar-refractivity contribution in [2.45, 2.75) is 0 Å². The Balaban J connectivity index is 2.47. The number of pyridine rings is 1. The molecule has 2 rings (SSSR count). The van der Waals surface area contributed by atoms with Gasteiger partial charge in [0.1, 0.15) is 0 Å². The third-order valence-electron chi connectivity index (χ3n) is 2.14. The molecule has 0 unspecified atom stereocenters. The van der Waals surface area contributed by atoms with Gasteiger partial charge in [-0.2, -0.15) is 0 Å². The number of carbonyl (C=O) groups excluding carboxylic acids is 1. The van der Waals surface area contributed by atoms with Crippen molar-refractivity contribution in [1.29, 1.82) is 0 Å². The highest BCUT2D eigenvalue weighted by Gasteiger charge is 2.13. The van der Waals surface area contributed by atoms with Crippen molar-refractivity contribution >= 4 is 44.9 Å². The Morgan fingerprint density at radius 3 is 2.65 bits per heavy atom. The molecule has 0 amide bonds. The Kier molecular flexibility index (Phi) is 3.82. The molecule has 0 aliphatic carbocycles. The van der Waals surface area contributed by atoms with Crippen LogP contribution in [0.25, 0.3) is 0 Å². The third-order valence-corrected chi connectivity index (χ3v) is 3.14. The van der Waals surface area contributed by atoms with Crippen molar-refractivity contribution in [3.05, 3.63) is 62.3 Å². The highest BCUT2D eigenvalue weighted by atomic mass is 79.9. The molecule has 0 radical (unpaired) electrons. The summed E-state index contributed by atoms with van der Waals surface area (Å²) in [4.78, 5) is 16.1. The van der Waals surface area contributed by atoms with E-state index in [1.165, 1.54) is 6.20 Å². The van der Waals surface area contributed by atoms with Crippen LogP contribution < -0.4 is 0 Å². The second-order valence-electron chi connectivity index (χ2n) is 3.35. The summed E-state index contributed by atoms with van der Waals surface area (Å²) in [6, 6.07) is 6.47. The van der Waals surface area contributed by atoms with Gasteiger partial charge in [0.2, 0.25) is 0 Å². The summed E-state index contributed by atoms with van der Waals surface area (Å²) < 4.78 is 0.738. The first-order valence-corrected chi connectivity index (χ1v) is 6.23. The topological polar surface area (TPSA) is 30.0 Å². The monoisotopic (exact) mass is 329 g/mol. The van der Waals surface area contributed by atoms with Gasteiger partial charge in [0, 0.05) is 33.0 Å². The van der Waals surface area contributed by atoms with Crippen molar-refractivity contribution in [3.63, 3.8) is 0 Å². The second-order valence-corrected chi connectivity index (χ2v) is 5.10. The number of rotatable bonds is 2. The number of hydrogen-bond acceptors (Lipinski definition) is 2. The molecule has 0 aliphatic rings. The zero-order valence-corrected chi connectivity index (χ0v) is 11.6. The predicted molar refractivity (Wildman–Crippen MR) is 71.8 cm³/mol. The van der Waals surface area contributed by atoms with E-state index in [1.54, 1.807) is 30.5 Å². The molecule has 2 aromatic rings. The summed E-state index contributed by atoms with van der Waals surface area (Å²) in [5.74, 6) is -0.202. The molecule has 0 fully saturated rings. The Morgan fingerprint density at radius 2 is 1.94 bits per heavy atom. The van der Waals surface area contributed by atoms with Gasteiger partial charge in [0.25, 0.3) is 0 Å². The average molecular weight is 331 g/mol. The molecule has 5 heteroatoms. The molecule has 0 bridgehead atoms. The lowest BCUT2D eigenvalue weighted by Crippen LogP contribution is -2.02. The van der Waals surface area contributed by atoms with Crippen LogP contribution in [0.5, 0.6) is 0 Å². The van der Waals surface area contributed by atoms with E-state index in [9.17, 15) is 4.79 Å². The van der Waals surface area contributed by atoms with Gasteiger partial charge < -0.3 is 0 Å². The molecule has 1 heterocycles. The van der Waals surface area contributed by atoms with Crippen molar-refractivity contribution in [2.75, 3.05) is 0 Å². The van der Waals surface area contributed by atoms with Crippen LogP contribution in [-0.2, 0) is 0 Å². The molecule has 86 valence electrons. The number of aromatic nitrogens is 1. The lowest BCUT2D eigenvalue weighted by Gasteiger charge is -2.04. The van der Waals surface area contributed by atoms with Crippen molar-refractivity contribution in [3.8, 4) is 0 Å². The van der Waals surface area contributed by atoms with Crippen LogP contribution in [0, 0.1) is 0 Å². The fraction of sp³-hybridized carbons (Fsp3) is 0. The van der Waals surface area contributed by atoms with Gasteiger partial charge in [0.15, 0.2) is 5.78 Å². The SMILES string of the molecule is O=C(c1cncc(Br)c1)c1cc(Cl)ccc1Cl. The summed E-state index contributed by atoms with van der Waals surface area (Å²) in [7, 11) is 0. The van der Waals surface area contributed by atoms with Crippen LogP contribution in [0.4, 0.5) is 0 Å². The van der Waals surface area contributed by atoms with Gasteiger partial charge in [-0.3, -0.25) is 9.78 Å². The molecule has 2 nitrogen and oxygen atoms in total. The van der Waals surface area contributed by atoms with Crippen LogP contribution in [0.15, 0.2) is 41.1 Å². The van der Waals surface area contributed by atoms with Crippen LogP contribution in [-0.4, -0.2) is 10.8 Å². The molecule has 1 aromatic heterocycles. The lowest BCUT2D eigenvalue weighted by molar-refractivity contribution is 0.103. The number of ketones is 1. The second kappa shape index (κ2) is 5.17. The van der Waals surface area contributed by atoms with Crippen LogP contribution in [0.1, 0.15) is 15.9 Å². The molecule has 17 heavy (non-hydrogen) atoms. The molecule has 0 saturated carbocycles. The normalized spacial score (nSPS) is 10.3. The maximum atomic E-state index is 12.2. The van der Waals surface area contributed by atoms with Crippen molar-refractivity contribution in [1.82, 2.24) is 4.98 Å². The van der Waals surface area contributed by atoms with Gasteiger partial charge in [-0.15, -0.1) is 0 Å². The minimum absolute atomic E-state index is 0.202. The molecule has 0 N–H and O–H groups in total. The standard InChI is InChI=1S/C12H6BrCl2NO/c13-8-3-7(5-16-6-8)12(17)10-4-9(14)1-2-11(10)15/h1-6H. The van der Waals surface area contributed by atoms with Crippen LogP contribution in [0.3, 0.4) is 0 Å². The zero-order chi connectivity index (χ0) is 12.4. The first-order valence-electron chi connectivity index (χ1n) is 4.68. The summed E-state index contributed by atoms with van der Waals surface area (Å²) in [5.41, 5.74) is 0.836. The average Bonchev–Trinajstić information content (AvgIpc) is 2.31. The van der Waals surface area contributed by atoms with Gasteiger partial charge in [-0.25, -0.2) is 0 Å². The van der Waals surface area contributed by atoms with Gasteiger partial charge in [0.05, 0.1) is 5.02 Å². The molecule has 1 aromatic carbocycles. The van der Waals surface area contributed by atoms with Gasteiger partial charge in [-0.05, 0) is 40.2 Å². The van der Waals surface area contributed by atoms with E-state index in [0.717, 1.165) is 4.47 Å². The number of halogens is 3. The Hall–Kier alpha value is -0.900. The smallest absolute Gasteiger partial charge is 0.196 e. The number of benzene rings is 1. The molecular weight excluding hydrogens is 325 g/mol. The molecule has 0 saturated heterocycles. The van der Waals surface area contributed by atoms with Crippen LogP contribution in [0.2, 0.25) is 10.0 Å². The fourth-order valence-corrected chi connectivity index (χ4v) is 2.10. The van der Waals surface area contributed by atoms with Crippen LogP contribution >= 0.6 is 39.1 Å². The minimum Gasteiger partial charge on any atom is -0.288 e. The zero-order valence-electron chi connectivity index (χ0n) is 8.45. The highest BCUT2D eigenvalue weighted by Crippen LogP contribution is 2.23. The maximum absolute atomic E-state index is 12.2. The minimum atomic E-state index is -0.202. The van der Waals surface area contributed by atoms with E-state index >= 15 is 0 Å². The Morgan fingerprint density at radius 1 is 1.18 bits per heavy atom. The van der Waals surface area contributed by atoms with Gasteiger partial charge in [-0.1, -0.05) is 23.2 Å². The number of nitrogens with zero attached hydrogens (tertiary/aromatic N) is 1. The molecule has 0 aliphatic heterocycles. The fourth-order valence-electron chi connectivity index (χ4n) is 1.36. The summed E-state index contributed by atoms with van der Waals surface area (Å²) in [6.07, 6.45) is 3.10. The first-order chi connectivity index (χ1) is 8.08. The van der Waals surface area contributed by atoms with E-state index < -0.39 is 0 Å². The summed E-state index contributed by atoms with van der Waals surface area (Å²) in [5, 5.41) is 0.847. The Labute approximate surface area is 117 Å². The first kappa shape index (κ1) is 12.6. The molecular formula is C12H6BrCl2NO. The number of hydrogen-bond donors (Lipinski definition) is 0. The predicted octanol–water partition coefficient (Wildman–Crippen LogP) is 4.38. The molecule has 0 spiro atoms. The third kappa shape index (κ3) is 2.86. The molecule has 0 atom stereocenters. The van der Waals surface area contributed by atoms with E-state index in [4.69, 9.17) is 23.2 Å². The summed E-state index contributed by atoms with van der Waals surface area (Å²) in [6.45, 7) is 0.